The molecular weight excluding hydrogens is 206 g/mol. The van der Waals surface area contributed by atoms with Gasteiger partial charge in [-0.3, -0.25) is 10.1 Å². The van der Waals surface area contributed by atoms with Crippen LogP contribution in [0, 0.1) is 21.4 Å². The molecule has 0 amide bonds. The standard InChI is InChI=1S/C8H6ClN3O2/c9-5-1-2-6(7(11)4-10)8(3-5)12(13)14/h1-3,7H,11H2/t7-/m1/s1. The summed E-state index contributed by atoms with van der Waals surface area (Å²) in [6.45, 7) is 0. The summed E-state index contributed by atoms with van der Waals surface area (Å²) < 4.78 is 0. The van der Waals surface area contributed by atoms with Gasteiger partial charge in [0.15, 0.2) is 0 Å². The average Bonchev–Trinajstić information content (AvgIpc) is 2.16. The van der Waals surface area contributed by atoms with Crippen molar-refractivity contribution in [1.82, 2.24) is 0 Å². The Kier molecular flexibility index (Phi) is 3.02. The summed E-state index contributed by atoms with van der Waals surface area (Å²) in [6, 6.07) is 4.74. The fourth-order valence-electron chi connectivity index (χ4n) is 1.01. The van der Waals surface area contributed by atoms with Crippen LogP contribution >= 0.6 is 11.6 Å². The van der Waals surface area contributed by atoms with Crippen LogP contribution in [0.4, 0.5) is 5.69 Å². The third-order valence-electron chi connectivity index (χ3n) is 1.66. The van der Waals surface area contributed by atoms with Gasteiger partial charge in [0.05, 0.1) is 16.6 Å². The molecule has 0 saturated heterocycles. The molecule has 0 aliphatic heterocycles. The summed E-state index contributed by atoms with van der Waals surface area (Å²) >= 11 is 5.58. The van der Waals surface area contributed by atoms with E-state index >= 15 is 0 Å². The van der Waals surface area contributed by atoms with Gasteiger partial charge in [0.25, 0.3) is 5.69 Å². The topological polar surface area (TPSA) is 93.0 Å². The number of hydrogen-bond donors (Lipinski definition) is 1. The zero-order chi connectivity index (χ0) is 10.7. The van der Waals surface area contributed by atoms with Gasteiger partial charge in [0, 0.05) is 11.1 Å². The van der Waals surface area contributed by atoms with E-state index in [0.29, 0.717) is 0 Å². The minimum Gasteiger partial charge on any atom is -0.312 e. The Hall–Kier alpha value is -1.64. The van der Waals surface area contributed by atoms with Crippen molar-refractivity contribution < 1.29 is 4.92 Å². The van der Waals surface area contributed by atoms with Gasteiger partial charge in [-0.1, -0.05) is 11.6 Å². The van der Waals surface area contributed by atoms with Crippen molar-refractivity contribution in [2.45, 2.75) is 6.04 Å². The van der Waals surface area contributed by atoms with E-state index < -0.39 is 11.0 Å². The van der Waals surface area contributed by atoms with Gasteiger partial charge in [-0.05, 0) is 12.1 Å². The summed E-state index contributed by atoms with van der Waals surface area (Å²) in [6.07, 6.45) is 0. The van der Waals surface area contributed by atoms with Gasteiger partial charge in [-0.25, -0.2) is 0 Å². The Morgan fingerprint density at radius 1 is 1.64 bits per heavy atom. The second-order valence-corrected chi connectivity index (χ2v) is 3.00. The lowest BCUT2D eigenvalue weighted by Gasteiger charge is -2.03. The van der Waals surface area contributed by atoms with Gasteiger partial charge in [0.1, 0.15) is 6.04 Å². The maximum atomic E-state index is 10.6. The smallest absolute Gasteiger partial charge is 0.276 e. The molecule has 0 radical (unpaired) electrons. The predicted molar refractivity (Wildman–Crippen MR) is 50.6 cm³/mol. The van der Waals surface area contributed by atoms with Gasteiger partial charge in [0.2, 0.25) is 0 Å². The monoisotopic (exact) mass is 211 g/mol. The van der Waals surface area contributed by atoms with E-state index in [1.807, 2.05) is 0 Å². The van der Waals surface area contributed by atoms with Crippen LogP contribution in [0.5, 0.6) is 0 Å². The van der Waals surface area contributed by atoms with Crippen LogP contribution in [0.15, 0.2) is 18.2 Å². The van der Waals surface area contributed by atoms with E-state index in [-0.39, 0.29) is 16.3 Å². The molecule has 14 heavy (non-hydrogen) atoms. The van der Waals surface area contributed by atoms with Crippen LogP contribution in [-0.4, -0.2) is 4.92 Å². The molecule has 0 aromatic heterocycles. The van der Waals surface area contributed by atoms with E-state index in [9.17, 15) is 10.1 Å². The SMILES string of the molecule is N#C[C@@H](N)c1ccc(Cl)cc1[N+](=O)[O-]. The molecule has 0 saturated carbocycles. The molecular formula is C8H6ClN3O2. The second kappa shape index (κ2) is 4.05. The predicted octanol–water partition coefficient (Wildman–Crippen LogP) is 1.77. The second-order valence-electron chi connectivity index (χ2n) is 2.57. The molecule has 1 rings (SSSR count). The lowest BCUT2D eigenvalue weighted by atomic mass is 10.1. The fourth-order valence-corrected chi connectivity index (χ4v) is 1.17. The number of halogens is 1. The molecule has 0 aliphatic carbocycles. The van der Waals surface area contributed by atoms with Crippen molar-refractivity contribution in [1.29, 1.82) is 5.26 Å². The summed E-state index contributed by atoms with van der Waals surface area (Å²) in [4.78, 5) is 9.96. The highest BCUT2D eigenvalue weighted by atomic mass is 35.5. The number of nitrogens with zero attached hydrogens (tertiary/aromatic N) is 2. The molecule has 0 heterocycles. The maximum absolute atomic E-state index is 10.6. The number of nitro groups is 1. The van der Waals surface area contributed by atoms with Crippen molar-refractivity contribution >= 4 is 17.3 Å². The molecule has 0 spiro atoms. The number of nitro benzene ring substituents is 1. The summed E-state index contributed by atoms with van der Waals surface area (Å²) in [7, 11) is 0. The number of rotatable bonds is 2. The number of hydrogen-bond acceptors (Lipinski definition) is 4. The maximum Gasteiger partial charge on any atom is 0.276 e. The zero-order valence-corrected chi connectivity index (χ0v) is 7.73. The molecule has 1 atom stereocenters. The Morgan fingerprint density at radius 2 is 2.29 bits per heavy atom. The highest BCUT2D eigenvalue weighted by molar-refractivity contribution is 6.30. The van der Waals surface area contributed by atoms with E-state index in [0.717, 1.165) is 0 Å². The molecule has 0 bridgehead atoms. The molecule has 0 fully saturated rings. The number of nitriles is 1. The van der Waals surface area contributed by atoms with Crippen molar-refractivity contribution in [3.8, 4) is 6.07 Å². The minimum atomic E-state index is -1.01. The fraction of sp³-hybridized carbons (Fsp3) is 0.125. The summed E-state index contributed by atoms with van der Waals surface area (Å²) in [5.74, 6) is 0. The van der Waals surface area contributed by atoms with E-state index in [1.165, 1.54) is 18.2 Å². The molecule has 72 valence electrons. The third kappa shape index (κ3) is 1.99. The average molecular weight is 212 g/mol. The van der Waals surface area contributed by atoms with Crippen LogP contribution in [0.25, 0.3) is 0 Å². The molecule has 1 aromatic rings. The van der Waals surface area contributed by atoms with Crippen LogP contribution in [0.3, 0.4) is 0 Å². The van der Waals surface area contributed by atoms with Crippen molar-refractivity contribution in [2.24, 2.45) is 5.73 Å². The van der Waals surface area contributed by atoms with Crippen LogP contribution in [0.2, 0.25) is 5.02 Å². The Bertz CT molecular complexity index is 414. The lowest BCUT2D eigenvalue weighted by molar-refractivity contribution is -0.385. The van der Waals surface area contributed by atoms with Crippen molar-refractivity contribution in [3.05, 3.63) is 38.9 Å². The van der Waals surface area contributed by atoms with E-state index in [2.05, 4.69) is 0 Å². The van der Waals surface area contributed by atoms with Crippen LogP contribution in [-0.2, 0) is 0 Å². The summed E-state index contributed by atoms with van der Waals surface area (Å²) in [5, 5.41) is 19.4. The van der Waals surface area contributed by atoms with Crippen molar-refractivity contribution in [3.63, 3.8) is 0 Å². The molecule has 5 nitrogen and oxygen atoms in total. The molecule has 0 unspecified atom stereocenters. The normalized spacial score (nSPS) is 11.8. The molecule has 0 aliphatic rings. The first kappa shape index (κ1) is 10.4. The van der Waals surface area contributed by atoms with Gasteiger partial charge < -0.3 is 5.73 Å². The first-order chi connectivity index (χ1) is 6.56. The van der Waals surface area contributed by atoms with Crippen molar-refractivity contribution in [2.75, 3.05) is 0 Å². The Balaban J connectivity index is 3.30. The molecule has 2 N–H and O–H groups in total. The molecule has 6 heteroatoms. The van der Waals surface area contributed by atoms with Crippen LogP contribution in [0.1, 0.15) is 11.6 Å². The summed E-state index contributed by atoms with van der Waals surface area (Å²) in [5.41, 5.74) is 5.31. The highest BCUT2D eigenvalue weighted by Crippen LogP contribution is 2.26. The number of nitrogens with two attached hydrogens (primary N) is 1. The largest absolute Gasteiger partial charge is 0.312 e. The first-order valence-electron chi connectivity index (χ1n) is 3.65. The third-order valence-corrected chi connectivity index (χ3v) is 1.90. The molecule has 1 aromatic carbocycles. The van der Waals surface area contributed by atoms with E-state index in [1.54, 1.807) is 6.07 Å². The Morgan fingerprint density at radius 3 is 2.79 bits per heavy atom. The quantitative estimate of drug-likeness (QED) is 0.596. The Labute approximate surface area is 84.8 Å². The number of benzene rings is 1. The van der Waals surface area contributed by atoms with E-state index in [4.69, 9.17) is 22.6 Å². The van der Waals surface area contributed by atoms with Crippen LogP contribution < -0.4 is 5.73 Å². The van der Waals surface area contributed by atoms with Gasteiger partial charge in [-0.2, -0.15) is 5.26 Å². The minimum absolute atomic E-state index is 0.168. The lowest BCUT2D eigenvalue weighted by Crippen LogP contribution is -2.09. The van der Waals surface area contributed by atoms with Gasteiger partial charge in [-0.15, -0.1) is 0 Å². The first-order valence-corrected chi connectivity index (χ1v) is 4.03. The van der Waals surface area contributed by atoms with Gasteiger partial charge >= 0.3 is 0 Å². The zero-order valence-electron chi connectivity index (χ0n) is 6.98. The highest BCUT2D eigenvalue weighted by Gasteiger charge is 2.19.